The van der Waals surface area contributed by atoms with Gasteiger partial charge in [-0.05, 0) is 36.5 Å². The third-order valence-electron chi connectivity index (χ3n) is 6.62. The van der Waals surface area contributed by atoms with E-state index < -0.39 is 0 Å². The summed E-state index contributed by atoms with van der Waals surface area (Å²) in [7, 11) is 0. The predicted octanol–water partition coefficient (Wildman–Crippen LogP) is 10.0. The molecular weight excluding hydrogens is 386 g/mol. The van der Waals surface area contributed by atoms with E-state index in [2.05, 4.69) is 26.0 Å². The highest BCUT2D eigenvalue weighted by Gasteiger charge is 2.19. The Morgan fingerprint density at radius 3 is 1.37 bits per heavy atom. The van der Waals surface area contributed by atoms with Gasteiger partial charge in [0.2, 0.25) is 0 Å². The van der Waals surface area contributed by atoms with Gasteiger partial charge in [0, 0.05) is 11.1 Å². The molecule has 1 atom stereocenters. The number of benzene rings is 1. The first-order chi connectivity index (χ1) is 14.7. The molecule has 0 saturated heterocycles. The minimum atomic E-state index is 0.149. The number of halogens is 1. The Labute approximate surface area is 193 Å². The highest BCUT2D eigenvalue weighted by Crippen LogP contribution is 2.30. The molecule has 1 aromatic rings. The van der Waals surface area contributed by atoms with E-state index in [0.717, 1.165) is 5.02 Å². The fourth-order valence-corrected chi connectivity index (χ4v) is 4.67. The Kier molecular flexibility index (Phi) is 17.6. The van der Waals surface area contributed by atoms with E-state index in [9.17, 15) is 0 Å². The van der Waals surface area contributed by atoms with E-state index in [1.165, 1.54) is 121 Å². The first kappa shape index (κ1) is 27.5. The Morgan fingerprint density at radius 2 is 0.967 bits per heavy atom. The van der Waals surface area contributed by atoms with E-state index in [4.69, 9.17) is 17.3 Å². The Morgan fingerprint density at radius 1 is 0.600 bits per heavy atom. The first-order valence-corrected chi connectivity index (χ1v) is 13.6. The van der Waals surface area contributed by atoms with Gasteiger partial charge in [-0.3, -0.25) is 0 Å². The molecule has 0 heterocycles. The van der Waals surface area contributed by atoms with Gasteiger partial charge in [0.25, 0.3) is 0 Å². The molecule has 0 spiro atoms. The van der Waals surface area contributed by atoms with E-state index >= 15 is 0 Å². The molecule has 1 rings (SSSR count). The van der Waals surface area contributed by atoms with Gasteiger partial charge in [0.05, 0.1) is 0 Å². The number of unbranched alkanes of at least 4 members (excludes halogenated alkanes) is 14. The van der Waals surface area contributed by atoms with Gasteiger partial charge in [-0.25, -0.2) is 0 Å². The van der Waals surface area contributed by atoms with Crippen molar-refractivity contribution < 1.29 is 0 Å². The van der Waals surface area contributed by atoms with Crippen molar-refractivity contribution in [2.45, 2.75) is 135 Å². The quantitative estimate of drug-likeness (QED) is 0.202. The standard InChI is InChI=1S/C28H50ClN/c1-3-5-7-9-11-13-15-17-19-25(20-18-16-14-12-10-8-6-4-2)28(30)26-21-23-27(29)24-22-26/h21-25,28H,3-20,30H2,1-2H3. The lowest BCUT2D eigenvalue weighted by molar-refractivity contribution is 0.345. The SMILES string of the molecule is CCCCCCCCCCC(CCCCCCCCCC)C(N)c1ccc(Cl)cc1. The zero-order valence-corrected chi connectivity index (χ0v) is 20.9. The molecule has 1 unspecified atom stereocenters. The lowest BCUT2D eigenvalue weighted by Gasteiger charge is -2.25. The molecule has 1 aromatic carbocycles. The topological polar surface area (TPSA) is 26.0 Å². The van der Waals surface area contributed by atoms with Crippen LogP contribution in [-0.2, 0) is 0 Å². The van der Waals surface area contributed by atoms with Crippen LogP contribution in [0.3, 0.4) is 0 Å². The molecule has 174 valence electrons. The normalized spacial score (nSPS) is 12.6. The summed E-state index contributed by atoms with van der Waals surface area (Å²) in [5.41, 5.74) is 7.99. The summed E-state index contributed by atoms with van der Waals surface area (Å²) < 4.78 is 0. The van der Waals surface area contributed by atoms with Crippen molar-refractivity contribution in [3.8, 4) is 0 Å². The van der Waals surface area contributed by atoms with Gasteiger partial charge in [0.1, 0.15) is 0 Å². The van der Waals surface area contributed by atoms with Crippen LogP contribution in [0.1, 0.15) is 141 Å². The van der Waals surface area contributed by atoms with E-state index in [0.29, 0.717) is 5.92 Å². The van der Waals surface area contributed by atoms with Gasteiger partial charge in [-0.2, -0.15) is 0 Å². The van der Waals surface area contributed by atoms with Crippen LogP contribution in [0.15, 0.2) is 24.3 Å². The van der Waals surface area contributed by atoms with Crippen molar-refractivity contribution >= 4 is 11.6 Å². The average molecular weight is 436 g/mol. The maximum absolute atomic E-state index is 6.74. The zero-order chi connectivity index (χ0) is 21.9. The van der Waals surface area contributed by atoms with Crippen LogP contribution in [0.25, 0.3) is 0 Å². The van der Waals surface area contributed by atoms with Crippen molar-refractivity contribution in [1.82, 2.24) is 0 Å². The fraction of sp³-hybridized carbons (Fsp3) is 0.786. The minimum absolute atomic E-state index is 0.149. The van der Waals surface area contributed by atoms with Crippen LogP contribution in [0.5, 0.6) is 0 Å². The number of hydrogen-bond donors (Lipinski definition) is 1. The molecule has 0 aliphatic rings. The molecule has 30 heavy (non-hydrogen) atoms. The van der Waals surface area contributed by atoms with Gasteiger partial charge in [-0.1, -0.05) is 140 Å². The van der Waals surface area contributed by atoms with E-state index in [-0.39, 0.29) is 6.04 Å². The smallest absolute Gasteiger partial charge is 0.0406 e. The third kappa shape index (κ3) is 13.7. The zero-order valence-electron chi connectivity index (χ0n) is 20.1. The molecular formula is C28H50ClN. The maximum Gasteiger partial charge on any atom is 0.0406 e. The van der Waals surface area contributed by atoms with Crippen molar-refractivity contribution in [2.75, 3.05) is 0 Å². The molecule has 0 amide bonds. The molecule has 2 heteroatoms. The highest BCUT2D eigenvalue weighted by molar-refractivity contribution is 6.30. The molecule has 0 aromatic heterocycles. The molecule has 2 N–H and O–H groups in total. The van der Waals surface area contributed by atoms with Crippen LogP contribution in [0.2, 0.25) is 5.02 Å². The summed E-state index contributed by atoms with van der Waals surface area (Å²) in [6.45, 7) is 4.58. The first-order valence-electron chi connectivity index (χ1n) is 13.2. The van der Waals surface area contributed by atoms with Crippen LogP contribution >= 0.6 is 11.6 Å². The second-order valence-electron chi connectivity index (χ2n) is 9.36. The summed E-state index contributed by atoms with van der Waals surface area (Å²) in [6, 6.07) is 8.38. The summed E-state index contributed by atoms with van der Waals surface area (Å²) in [6.07, 6.45) is 24.7. The lowest BCUT2D eigenvalue weighted by Crippen LogP contribution is -2.21. The average Bonchev–Trinajstić information content (AvgIpc) is 2.76. The van der Waals surface area contributed by atoms with Crippen molar-refractivity contribution in [3.05, 3.63) is 34.9 Å². The third-order valence-corrected chi connectivity index (χ3v) is 6.87. The molecule has 0 fully saturated rings. The Hall–Kier alpha value is -0.530. The van der Waals surface area contributed by atoms with Gasteiger partial charge >= 0.3 is 0 Å². The van der Waals surface area contributed by atoms with Crippen molar-refractivity contribution in [1.29, 1.82) is 0 Å². The molecule has 0 aliphatic carbocycles. The number of rotatable bonds is 20. The molecule has 0 aliphatic heterocycles. The fourth-order valence-electron chi connectivity index (χ4n) is 4.54. The largest absolute Gasteiger partial charge is 0.324 e. The summed E-state index contributed by atoms with van der Waals surface area (Å²) in [5.74, 6) is 0.603. The van der Waals surface area contributed by atoms with Gasteiger partial charge in [-0.15, -0.1) is 0 Å². The van der Waals surface area contributed by atoms with Crippen LogP contribution in [0, 0.1) is 5.92 Å². The molecule has 0 radical (unpaired) electrons. The Balaban J connectivity index is 2.34. The lowest BCUT2D eigenvalue weighted by atomic mass is 9.85. The predicted molar refractivity (Wildman–Crippen MR) is 136 cm³/mol. The Bertz CT molecular complexity index is 464. The molecule has 0 saturated carbocycles. The minimum Gasteiger partial charge on any atom is -0.324 e. The second kappa shape index (κ2) is 19.2. The number of hydrogen-bond acceptors (Lipinski definition) is 1. The number of nitrogens with two attached hydrogens (primary N) is 1. The van der Waals surface area contributed by atoms with Crippen LogP contribution < -0.4 is 5.73 Å². The summed E-state index contributed by atoms with van der Waals surface area (Å²) >= 11 is 6.08. The maximum atomic E-state index is 6.74. The summed E-state index contributed by atoms with van der Waals surface area (Å²) in [4.78, 5) is 0. The van der Waals surface area contributed by atoms with Crippen LogP contribution in [-0.4, -0.2) is 0 Å². The van der Waals surface area contributed by atoms with Crippen LogP contribution in [0.4, 0.5) is 0 Å². The monoisotopic (exact) mass is 435 g/mol. The van der Waals surface area contributed by atoms with Crippen molar-refractivity contribution in [2.24, 2.45) is 11.7 Å². The van der Waals surface area contributed by atoms with E-state index in [1.807, 2.05) is 12.1 Å². The molecule has 1 nitrogen and oxygen atoms in total. The highest BCUT2D eigenvalue weighted by atomic mass is 35.5. The molecule has 0 bridgehead atoms. The van der Waals surface area contributed by atoms with E-state index in [1.54, 1.807) is 0 Å². The summed E-state index contributed by atoms with van der Waals surface area (Å²) in [5, 5.41) is 0.800. The van der Waals surface area contributed by atoms with Gasteiger partial charge in [0.15, 0.2) is 0 Å². The van der Waals surface area contributed by atoms with Crippen molar-refractivity contribution in [3.63, 3.8) is 0 Å². The van der Waals surface area contributed by atoms with Gasteiger partial charge < -0.3 is 5.73 Å². The second-order valence-corrected chi connectivity index (χ2v) is 9.80.